The van der Waals surface area contributed by atoms with Crippen LogP contribution in [0.2, 0.25) is 5.02 Å². The number of para-hydroxylation sites is 1. The molecule has 0 aliphatic carbocycles. The fourth-order valence-electron chi connectivity index (χ4n) is 3.58. The number of halogens is 1. The Kier molecular flexibility index (Phi) is 8.08. The predicted octanol–water partition coefficient (Wildman–Crippen LogP) is 6.98. The second-order valence-corrected chi connectivity index (χ2v) is 9.98. The molecule has 0 bridgehead atoms. The van der Waals surface area contributed by atoms with E-state index in [1.54, 1.807) is 4.90 Å². The van der Waals surface area contributed by atoms with Gasteiger partial charge in [0, 0.05) is 23.9 Å². The Morgan fingerprint density at radius 1 is 1.15 bits per heavy atom. The molecule has 8 heteroatoms. The number of rotatable bonds is 9. The van der Waals surface area contributed by atoms with E-state index < -0.39 is 0 Å². The number of carbonyl (C=O) groups excluding carboxylic acids is 1. The summed E-state index contributed by atoms with van der Waals surface area (Å²) < 4.78 is 8.21. The van der Waals surface area contributed by atoms with Crippen molar-refractivity contribution >= 4 is 51.9 Å². The predicted molar refractivity (Wildman–Crippen MR) is 145 cm³/mol. The number of nitrogens with zero attached hydrogens (tertiary/aromatic N) is 3. The van der Waals surface area contributed by atoms with Gasteiger partial charge in [0.15, 0.2) is 0 Å². The van der Waals surface area contributed by atoms with Crippen LogP contribution in [0.5, 0.6) is 5.75 Å². The quantitative estimate of drug-likeness (QED) is 0.176. The molecule has 4 rings (SSSR count). The smallest absolute Gasteiger partial charge is 0.266 e. The number of thioether (sulfide) groups is 1. The standard InChI is InChI=1S/C26H26ClN3O2S2/c1-3-5-14-32-22-12-11-18(15-21(22)27)24-19(17-30(28-24)20-9-7-6-8-10-20)16-23-25(31)29(13-4-2)26(33)34-23/h6-12,15-17H,3-5,13-14H2,1-2H3. The molecule has 3 aromatic rings. The van der Waals surface area contributed by atoms with Gasteiger partial charge in [-0.3, -0.25) is 9.69 Å². The molecular formula is C26H26ClN3O2S2. The van der Waals surface area contributed by atoms with Crippen molar-refractivity contribution in [3.05, 3.63) is 70.2 Å². The third-order valence-corrected chi connectivity index (χ3v) is 7.00. The largest absolute Gasteiger partial charge is 0.492 e. The van der Waals surface area contributed by atoms with Crippen molar-refractivity contribution in [2.24, 2.45) is 0 Å². The first-order valence-corrected chi connectivity index (χ1v) is 12.9. The summed E-state index contributed by atoms with van der Waals surface area (Å²) in [6, 6.07) is 15.5. The maximum atomic E-state index is 12.9. The Morgan fingerprint density at radius 2 is 1.94 bits per heavy atom. The molecule has 5 nitrogen and oxygen atoms in total. The second kappa shape index (κ2) is 11.2. The molecule has 34 heavy (non-hydrogen) atoms. The van der Waals surface area contributed by atoms with Gasteiger partial charge in [-0.15, -0.1) is 0 Å². The molecule has 0 radical (unpaired) electrons. The van der Waals surface area contributed by atoms with E-state index in [1.165, 1.54) is 11.8 Å². The Hall–Kier alpha value is -2.61. The number of ether oxygens (including phenoxy) is 1. The third-order valence-electron chi connectivity index (χ3n) is 5.33. The first kappa shape index (κ1) is 24.5. The Balaban J connectivity index is 1.74. The minimum Gasteiger partial charge on any atom is -0.492 e. The zero-order chi connectivity index (χ0) is 24.1. The lowest BCUT2D eigenvalue weighted by Crippen LogP contribution is -2.28. The van der Waals surface area contributed by atoms with Gasteiger partial charge in [0.05, 0.1) is 22.2 Å². The lowest BCUT2D eigenvalue weighted by Gasteiger charge is -2.11. The molecule has 1 amide bonds. The fourth-order valence-corrected chi connectivity index (χ4v) is 5.11. The Bertz CT molecular complexity index is 1220. The molecule has 0 N–H and O–H groups in total. The first-order chi connectivity index (χ1) is 16.5. The molecule has 1 aliphatic rings. The highest BCUT2D eigenvalue weighted by molar-refractivity contribution is 8.26. The van der Waals surface area contributed by atoms with E-state index in [-0.39, 0.29) is 5.91 Å². The van der Waals surface area contributed by atoms with Crippen molar-refractivity contribution in [3.63, 3.8) is 0 Å². The molecule has 1 aliphatic heterocycles. The van der Waals surface area contributed by atoms with Crippen molar-refractivity contribution in [3.8, 4) is 22.7 Å². The summed E-state index contributed by atoms with van der Waals surface area (Å²) in [5.74, 6) is 0.594. The third kappa shape index (κ3) is 5.37. The summed E-state index contributed by atoms with van der Waals surface area (Å²) in [4.78, 5) is 15.2. The van der Waals surface area contributed by atoms with Crippen LogP contribution in [0, 0.1) is 0 Å². The van der Waals surface area contributed by atoms with Gasteiger partial charge in [-0.1, -0.05) is 74.0 Å². The van der Waals surface area contributed by atoms with E-state index in [0.29, 0.717) is 33.1 Å². The van der Waals surface area contributed by atoms with Gasteiger partial charge in [-0.2, -0.15) is 5.10 Å². The van der Waals surface area contributed by atoms with Crippen LogP contribution >= 0.6 is 35.6 Å². The van der Waals surface area contributed by atoms with Crippen LogP contribution in [0.3, 0.4) is 0 Å². The molecule has 2 heterocycles. The van der Waals surface area contributed by atoms with E-state index >= 15 is 0 Å². The van der Waals surface area contributed by atoms with Crippen LogP contribution in [-0.2, 0) is 4.79 Å². The molecular weight excluding hydrogens is 486 g/mol. The normalized spacial score (nSPS) is 14.9. The number of hydrogen-bond acceptors (Lipinski definition) is 5. The zero-order valence-corrected chi connectivity index (χ0v) is 21.6. The first-order valence-electron chi connectivity index (χ1n) is 11.3. The molecule has 0 saturated carbocycles. The topological polar surface area (TPSA) is 47.4 Å². The van der Waals surface area contributed by atoms with Gasteiger partial charge < -0.3 is 4.74 Å². The van der Waals surface area contributed by atoms with Gasteiger partial charge in [-0.05, 0) is 49.2 Å². The number of aromatic nitrogens is 2. The SMILES string of the molecule is CCCCOc1ccc(-c2nn(-c3ccccc3)cc2C=C2SC(=S)N(CCC)C2=O)cc1Cl. The van der Waals surface area contributed by atoms with Crippen molar-refractivity contribution in [2.45, 2.75) is 33.1 Å². The van der Waals surface area contributed by atoms with E-state index in [0.717, 1.165) is 41.8 Å². The summed E-state index contributed by atoms with van der Waals surface area (Å²) in [6.07, 6.45) is 6.68. The highest BCUT2D eigenvalue weighted by Gasteiger charge is 2.31. The monoisotopic (exact) mass is 511 g/mol. The summed E-state index contributed by atoms with van der Waals surface area (Å²) in [5.41, 5.74) is 3.31. The molecule has 176 valence electrons. The number of hydrogen-bond donors (Lipinski definition) is 0. The van der Waals surface area contributed by atoms with E-state index in [2.05, 4.69) is 6.92 Å². The van der Waals surface area contributed by atoms with E-state index in [9.17, 15) is 4.79 Å². The van der Waals surface area contributed by atoms with E-state index in [4.69, 9.17) is 33.7 Å². The lowest BCUT2D eigenvalue weighted by molar-refractivity contribution is -0.122. The molecule has 0 unspecified atom stereocenters. The van der Waals surface area contributed by atoms with Crippen LogP contribution in [0.25, 0.3) is 23.0 Å². The number of carbonyl (C=O) groups is 1. The Morgan fingerprint density at radius 3 is 2.65 bits per heavy atom. The summed E-state index contributed by atoms with van der Waals surface area (Å²) in [6.45, 7) is 5.40. The van der Waals surface area contributed by atoms with Crippen LogP contribution in [0.1, 0.15) is 38.7 Å². The average Bonchev–Trinajstić information content (AvgIpc) is 3.37. The number of thiocarbonyl (C=S) groups is 1. The van der Waals surface area contributed by atoms with Crippen molar-refractivity contribution in [2.75, 3.05) is 13.2 Å². The summed E-state index contributed by atoms with van der Waals surface area (Å²) in [7, 11) is 0. The second-order valence-electron chi connectivity index (χ2n) is 7.89. The van der Waals surface area contributed by atoms with E-state index in [1.807, 2.05) is 72.4 Å². The lowest BCUT2D eigenvalue weighted by atomic mass is 10.1. The van der Waals surface area contributed by atoms with Crippen LogP contribution in [-0.4, -0.2) is 38.1 Å². The number of amides is 1. The van der Waals surface area contributed by atoms with Gasteiger partial charge >= 0.3 is 0 Å². The fraction of sp³-hybridized carbons (Fsp3) is 0.269. The molecule has 0 atom stereocenters. The highest BCUT2D eigenvalue weighted by atomic mass is 35.5. The van der Waals surface area contributed by atoms with Crippen LogP contribution < -0.4 is 4.74 Å². The van der Waals surface area contributed by atoms with Gasteiger partial charge in [0.25, 0.3) is 5.91 Å². The highest BCUT2D eigenvalue weighted by Crippen LogP contribution is 2.36. The summed E-state index contributed by atoms with van der Waals surface area (Å²) >= 11 is 13.3. The van der Waals surface area contributed by atoms with Crippen molar-refractivity contribution in [1.82, 2.24) is 14.7 Å². The van der Waals surface area contributed by atoms with Crippen LogP contribution in [0.15, 0.2) is 59.6 Å². The van der Waals surface area contributed by atoms with Crippen LogP contribution in [0.4, 0.5) is 0 Å². The van der Waals surface area contributed by atoms with Crippen molar-refractivity contribution in [1.29, 1.82) is 0 Å². The maximum absolute atomic E-state index is 12.9. The van der Waals surface area contributed by atoms with Gasteiger partial charge in [0.1, 0.15) is 15.8 Å². The molecule has 1 fully saturated rings. The molecule has 2 aromatic carbocycles. The summed E-state index contributed by atoms with van der Waals surface area (Å²) in [5, 5.41) is 5.37. The van der Waals surface area contributed by atoms with Gasteiger partial charge in [0.2, 0.25) is 0 Å². The number of unbranched alkanes of at least 4 members (excludes halogenated alkanes) is 1. The van der Waals surface area contributed by atoms with Crippen molar-refractivity contribution < 1.29 is 9.53 Å². The minimum atomic E-state index is -0.0621. The maximum Gasteiger partial charge on any atom is 0.266 e. The minimum absolute atomic E-state index is 0.0621. The molecule has 0 spiro atoms. The zero-order valence-electron chi connectivity index (χ0n) is 19.2. The average molecular weight is 512 g/mol. The molecule has 1 saturated heterocycles. The van der Waals surface area contributed by atoms with Gasteiger partial charge in [-0.25, -0.2) is 4.68 Å². The Labute approximate surface area is 214 Å². The number of benzene rings is 2. The molecule has 1 aromatic heterocycles.